The van der Waals surface area contributed by atoms with Crippen LogP contribution in [-0.2, 0) is 16.8 Å². The zero-order valence-corrected chi connectivity index (χ0v) is 17.3. The minimum atomic E-state index is 0.000707. The fourth-order valence-corrected chi connectivity index (χ4v) is 4.38. The fraction of sp³-hybridized carbons (Fsp3) is 0.375. The first-order chi connectivity index (χ1) is 13.9. The van der Waals surface area contributed by atoms with Crippen molar-refractivity contribution in [3.8, 4) is 5.75 Å². The second kappa shape index (κ2) is 7.56. The molecule has 5 heteroatoms. The summed E-state index contributed by atoms with van der Waals surface area (Å²) in [6, 6.07) is 6.26. The number of rotatable bonds is 3. The molecule has 1 amide bonds. The van der Waals surface area contributed by atoms with E-state index >= 15 is 0 Å². The summed E-state index contributed by atoms with van der Waals surface area (Å²) in [5.74, 6) is 1.06. The number of piperidine rings is 1. The molecule has 0 aliphatic carbocycles. The third-order valence-electron chi connectivity index (χ3n) is 6.25. The minimum Gasteiger partial charge on any atom is -0.492 e. The lowest BCUT2D eigenvalue weighted by atomic mass is 9.74. The zero-order valence-electron chi connectivity index (χ0n) is 17.3. The summed E-state index contributed by atoms with van der Waals surface area (Å²) in [7, 11) is 0. The SMILES string of the molecule is C=C1C=CC(C)=CN1/C=C(\C)C(=O)N1CCC2(CC1)COc1ccc(CN)cc12. The number of carbonyl (C=O) groups excluding carboxylic acids is 1. The second-order valence-electron chi connectivity index (χ2n) is 8.31. The molecule has 0 unspecified atom stereocenters. The number of amides is 1. The third kappa shape index (κ3) is 3.62. The number of nitrogens with zero attached hydrogens (tertiary/aromatic N) is 2. The van der Waals surface area contributed by atoms with Crippen molar-refractivity contribution in [3.05, 3.63) is 77.3 Å². The van der Waals surface area contributed by atoms with Gasteiger partial charge in [-0.05, 0) is 50.0 Å². The number of likely N-dealkylation sites (tertiary alicyclic amines) is 1. The molecular weight excluding hydrogens is 362 g/mol. The van der Waals surface area contributed by atoms with Crippen molar-refractivity contribution in [1.82, 2.24) is 9.80 Å². The topological polar surface area (TPSA) is 58.8 Å². The van der Waals surface area contributed by atoms with Crippen LogP contribution in [0.4, 0.5) is 0 Å². The number of benzene rings is 1. The van der Waals surface area contributed by atoms with Gasteiger partial charge < -0.3 is 20.3 Å². The van der Waals surface area contributed by atoms with E-state index in [1.807, 2.05) is 60.3 Å². The van der Waals surface area contributed by atoms with Crippen molar-refractivity contribution in [3.63, 3.8) is 0 Å². The second-order valence-corrected chi connectivity index (χ2v) is 8.31. The molecular formula is C24H29N3O2. The molecule has 0 aromatic heterocycles. The number of allylic oxidation sites excluding steroid dienone is 3. The summed E-state index contributed by atoms with van der Waals surface area (Å²) >= 11 is 0. The quantitative estimate of drug-likeness (QED) is 0.800. The molecule has 4 rings (SSSR count). The monoisotopic (exact) mass is 391 g/mol. The molecule has 1 fully saturated rings. The molecule has 3 aliphatic heterocycles. The summed E-state index contributed by atoms with van der Waals surface area (Å²) in [5, 5.41) is 0. The van der Waals surface area contributed by atoms with Gasteiger partial charge in [-0.15, -0.1) is 0 Å². The summed E-state index contributed by atoms with van der Waals surface area (Å²) in [6.07, 6.45) is 9.67. The molecule has 1 aromatic rings. The molecule has 1 spiro atoms. The first kappa shape index (κ1) is 19.5. The summed E-state index contributed by atoms with van der Waals surface area (Å²) in [6.45, 7) is 10.6. The van der Waals surface area contributed by atoms with Gasteiger partial charge in [-0.1, -0.05) is 24.8 Å². The normalized spacial score (nSPS) is 20.6. The Morgan fingerprint density at radius 1 is 1.31 bits per heavy atom. The molecule has 3 heterocycles. The Labute approximate surface area is 172 Å². The predicted molar refractivity (Wildman–Crippen MR) is 115 cm³/mol. The zero-order chi connectivity index (χ0) is 20.6. The Bertz CT molecular complexity index is 933. The maximum absolute atomic E-state index is 13.0. The Balaban J connectivity index is 1.45. The molecule has 2 N–H and O–H groups in total. The molecule has 29 heavy (non-hydrogen) atoms. The minimum absolute atomic E-state index is 0.000707. The highest BCUT2D eigenvalue weighted by Gasteiger charge is 2.43. The van der Waals surface area contributed by atoms with Gasteiger partial charge >= 0.3 is 0 Å². The van der Waals surface area contributed by atoms with Crippen LogP contribution in [0.3, 0.4) is 0 Å². The van der Waals surface area contributed by atoms with Gasteiger partial charge in [0.1, 0.15) is 5.75 Å². The van der Waals surface area contributed by atoms with E-state index in [2.05, 4.69) is 12.6 Å². The number of nitrogens with two attached hydrogens (primary N) is 1. The lowest BCUT2D eigenvalue weighted by molar-refractivity contribution is -0.128. The lowest BCUT2D eigenvalue weighted by Crippen LogP contribution is -2.46. The van der Waals surface area contributed by atoms with Gasteiger partial charge in [0.05, 0.1) is 6.61 Å². The highest BCUT2D eigenvalue weighted by atomic mass is 16.5. The maximum Gasteiger partial charge on any atom is 0.250 e. The van der Waals surface area contributed by atoms with Gasteiger partial charge in [-0.2, -0.15) is 0 Å². The summed E-state index contributed by atoms with van der Waals surface area (Å²) in [4.78, 5) is 16.9. The lowest BCUT2D eigenvalue weighted by Gasteiger charge is -2.39. The van der Waals surface area contributed by atoms with E-state index in [0.29, 0.717) is 13.2 Å². The van der Waals surface area contributed by atoms with E-state index in [9.17, 15) is 4.79 Å². The number of hydrogen-bond donors (Lipinski definition) is 1. The van der Waals surface area contributed by atoms with Crippen molar-refractivity contribution >= 4 is 5.91 Å². The van der Waals surface area contributed by atoms with Crippen LogP contribution in [0.5, 0.6) is 5.75 Å². The number of hydrogen-bond acceptors (Lipinski definition) is 4. The molecule has 1 aromatic carbocycles. The van der Waals surface area contributed by atoms with Crippen LogP contribution in [0, 0.1) is 0 Å². The van der Waals surface area contributed by atoms with E-state index in [0.717, 1.165) is 54.1 Å². The van der Waals surface area contributed by atoms with Gasteiger partial charge in [-0.3, -0.25) is 4.79 Å². The average molecular weight is 392 g/mol. The number of fused-ring (bicyclic) bond motifs is 2. The molecule has 152 valence electrons. The smallest absolute Gasteiger partial charge is 0.250 e. The van der Waals surface area contributed by atoms with Crippen LogP contribution in [-0.4, -0.2) is 35.4 Å². The molecule has 1 saturated heterocycles. The van der Waals surface area contributed by atoms with Crippen LogP contribution in [0.15, 0.2) is 66.2 Å². The van der Waals surface area contributed by atoms with Crippen molar-refractivity contribution in [2.45, 2.75) is 38.6 Å². The molecule has 0 radical (unpaired) electrons. The van der Waals surface area contributed by atoms with E-state index in [4.69, 9.17) is 10.5 Å². The van der Waals surface area contributed by atoms with Gasteiger partial charge in [-0.25, -0.2) is 0 Å². The van der Waals surface area contributed by atoms with Crippen LogP contribution >= 0.6 is 0 Å². The molecule has 0 saturated carbocycles. The van der Waals surface area contributed by atoms with E-state index in [-0.39, 0.29) is 11.3 Å². The standard InChI is InChI=1S/C24H29N3O2/c1-17-4-5-19(3)27(14-17)15-18(2)23(28)26-10-8-24(9-11-26)16-29-22-7-6-20(13-25)12-21(22)24/h4-7,12,14-15H,3,8-11,13,16,25H2,1-2H3/b18-15+. The van der Waals surface area contributed by atoms with Crippen molar-refractivity contribution in [1.29, 1.82) is 0 Å². The Hall–Kier alpha value is -2.79. The van der Waals surface area contributed by atoms with Gasteiger partial charge in [0.2, 0.25) is 0 Å². The number of ether oxygens (including phenoxy) is 1. The van der Waals surface area contributed by atoms with Crippen LogP contribution < -0.4 is 10.5 Å². The maximum atomic E-state index is 13.0. The van der Waals surface area contributed by atoms with E-state index < -0.39 is 0 Å². The van der Waals surface area contributed by atoms with Gasteiger partial charge in [0.15, 0.2) is 0 Å². The van der Waals surface area contributed by atoms with Crippen molar-refractivity contribution in [2.75, 3.05) is 19.7 Å². The van der Waals surface area contributed by atoms with Gasteiger partial charge in [0, 0.05) is 54.3 Å². The van der Waals surface area contributed by atoms with Crippen LogP contribution in [0.1, 0.15) is 37.8 Å². The first-order valence-corrected chi connectivity index (χ1v) is 10.2. The van der Waals surface area contributed by atoms with Gasteiger partial charge in [0.25, 0.3) is 5.91 Å². The Morgan fingerprint density at radius 3 is 2.79 bits per heavy atom. The molecule has 0 bridgehead atoms. The predicted octanol–water partition coefficient (Wildman–Crippen LogP) is 3.59. The average Bonchev–Trinajstić information content (AvgIpc) is 3.08. The third-order valence-corrected chi connectivity index (χ3v) is 6.25. The van der Waals surface area contributed by atoms with E-state index in [1.165, 1.54) is 5.56 Å². The van der Waals surface area contributed by atoms with Crippen LogP contribution in [0.2, 0.25) is 0 Å². The highest BCUT2D eigenvalue weighted by molar-refractivity contribution is 5.93. The highest BCUT2D eigenvalue weighted by Crippen LogP contribution is 2.46. The largest absolute Gasteiger partial charge is 0.492 e. The fourth-order valence-electron chi connectivity index (χ4n) is 4.38. The van der Waals surface area contributed by atoms with Crippen LogP contribution in [0.25, 0.3) is 0 Å². The van der Waals surface area contributed by atoms with E-state index in [1.54, 1.807) is 0 Å². The Kier molecular flexibility index (Phi) is 5.09. The number of carbonyl (C=O) groups is 1. The molecule has 5 nitrogen and oxygen atoms in total. The Morgan fingerprint density at radius 2 is 2.07 bits per heavy atom. The summed E-state index contributed by atoms with van der Waals surface area (Å²) < 4.78 is 5.97. The van der Waals surface area contributed by atoms with Crippen molar-refractivity contribution < 1.29 is 9.53 Å². The molecule has 0 atom stereocenters. The summed E-state index contributed by atoms with van der Waals surface area (Å²) in [5.41, 5.74) is 10.9. The molecule has 3 aliphatic rings. The first-order valence-electron chi connectivity index (χ1n) is 10.2. The van der Waals surface area contributed by atoms with Crippen molar-refractivity contribution in [2.24, 2.45) is 5.73 Å².